The van der Waals surface area contributed by atoms with Crippen molar-refractivity contribution in [3.05, 3.63) is 23.8 Å². The van der Waals surface area contributed by atoms with E-state index in [0.717, 1.165) is 0 Å². The summed E-state index contributed by atoms with van der Waals surface area (Å²) in [7, 11) is -2.22. The van der Waals surface area contributed by atoms with Gasteiger partial charge in [0.25, 0.3) is 0 Å². The quantitative estimate of drug-likeness (QED) is 0.785. The van der Waals surface area contributed by atoms with Gasteiger partial charge in [0.2, 0.25) is 15.9 Å². The van der Waals surface area contributed by atoms with Gasteiger partial charge in [0.15, 0.2) is 0 Å². The molecule has 1 fully saturated rings. The van der Waals surface area contributed by atoms with E-state index in [1.54, 1.807) is 19.1 Å². The number of hydrogen-bond donors (Lipinski definition) is 2. The summed E-state index contributed by atoms with van der Waals surface area (Å²) in [5.41, 5.74) is 5.16. The summed E-state index contributed by atoms with van der Waals surface area (Å²) in [5.74, 6) is 0.0782. The van der Waals surface area contributed by atoms with Crippen LogP contribution in [0, 0.1) is 12.3 Å². The lowest BCUT2D eigenvalue weighted by Gasteiger charge is -2.34. The largest absolute Gasteiger partial charge is 0.497 e. The minimum absolute atomic E-state index is 0.0283. The molecule has 0 spiro atoms. The Hall–Kier alpha value is -1.64. The molecular weight excluding hydrogens is 320 g/mol. The normalized spacial score (nSPS) is 17.7. The molecular formula is C15H22N2O5S. The van der Waals surface area contributed by atoms with Crippen molar-refractivity contribution in [3.63, 3.8) is 0 Å². The Balaban J connectivity index is 2.19. The number of carbonyl (C=O) groups is 1. The number of rotatable bonds is 6. The fourth-order valence-electron chi connectivity index (χ4n) is 2.63. The topological polar surface area (TPSA) is 108 Å². The van der Waals surface area contributed by atoms with Crippen molar-refractivity contribution >= 4 is 15.9 Å². The summed E-state index contributed by atoms with van der Waals surface area (Å²) < 4.78 is 37.9. The smallest absolute Gasteiger partial charge is 0.240 e. The summed E-state index contributed by atoms with van der Waals surface area (Å²) in [4.78, 5) is 12.0. The first-order valence-electron chi connectivity index (χ1n) is 7.33. The molecule has 1 aliphatic rings. The van der Waals surface area contributed by atoms with E-state index in [1.165, 1.54) is 13.2 Å². The maximum Gasteiger partial charge on any atom is 0.240 e. The highest BCUT2D eigenvalue weighted by Crippen LogP contribution is 2.30. The van der Waals surface area contributed by atoms with E-state index in [-0.39, 0.29) is 11.4 Å². The maximum atomic E-state index is 12.5. The zero-order valence-electron chi connectivity index (χ0n) is 13.3. The van der Waals surface area contributed by atoms with Crippen LogP contribution in [-0.2, 0) is 19.6 Å². The summed E-state index contributed by atoms with van der Waals surface area (Å²) in [6.45, 7) is 2.45. The van der Waals surface area contributed by atoms with E-state index >= 15 is 0 Å². The maximum absolute atomic E-state index is 12.5. The molecule has 1 aromatic carbocycles. The lowest BCUT2D eigenvalue weighted by atomic mass is 9.80. The number of ether oxygens (including phenoxy) is 2. The molecule has 2 rings (SSSR count). The number of carbonyl (C=O) groups excluding carboxylic acids is 1. The van der Waals surface area contributed by atoms with Crippen molar-refractivity contribution in [2.45, 2.75) is 24.7 Å². The van der Waals surface area contributed by atoms with E-state index in [9.17, 15) is 13.2 Å². The minimum atomic E-state index is -3.74. The van der Waals surface area contributed by atoms with Crippen LogP contribution in [0.25, 0.3) is 0 Å². The summed E-state index contributed by atoms with van der Waals surface area (Å²) in [6.07, 6.45) is 0.818. The summed E-state index contributed by atoms with van der Waals surface area (Å²) in [6, 6.07) is 4.71. The predicted molar refractivity (Wildman–Crippen MR) is 84.6 cm³/mol. The fourth-order valence-corrected chi connectivity index (χ4v) is 3.99. The molecule has 0 atom stereocenters. The average Bonchev–Trinajstić information content (AvgIpc) is 2.53. The zero-order valence-corrected chi connectivity index (χ0v) is 14.1. The highest BCUT2D eigenvalue weighted by Gasteiger charge is 2.39. The molecule has 3 N–H and O–H groups in total. The second-order valence-corrected chi connectivity index (χ2v) is 7.45. The highest BCUT2D eigenvalue weighted by atomic mass is 32.2. The lowest BCUT2D eigenvalue weighted by molar-refractivity contribution is -0.132. The molecule has 1 amide bonds. The van der Waals surface area contributed by atoms with Crippen LogP contribution in [0.1, 0.15) is 18.4 Å². The SMILES string of the molecule is COc1ccc(S(=O)(=O)NCC2(C(N)=O)CCOCC2)c(C)c1. The Kier molecular flexibility index (Phi) is 5.28. The van der Waals surface area contributed by atoms with Gasteiger partial charge < -0.3 is 15.2 Å². The molecule has 0 aromatic heterocycles. The number of nitrogens with two attached hydrogens (primary N) is 1. The van der Waals surface area contributed by atoms with Crippen LogP contribution in [0.4, 0.5) is 0 Å². The molecule has 7 nitrogen and oxygen atoms in total. The number of amides is 1. The molecule has 0 unspecified atom stereocenters. The molecule has 0 aliphatic carbocycles. The molecule has 1 aliphatic heterocycles. The molecule has 8 heteroatoms. The standard InChI is InChI=1S/C15H22N2O5S/c1-11-9-12(21-2)3-4-13(11)23(19,20)17-10-15(14(16)18)5-7-22-8-6-15/h3-4,9,17H,5-8,10H2,1-2H3,(H2,16,18). The van der Waals surface area contributed by atoms with Crippen LogP contribution in [0.5, 0.6) is 5.75 Å². The third-order valence-corrected chi connectivity index (χ3v) is 5.81. The van der Waals surface area contributed by atoms with E-state index in [4.69, 9.17) is 15.2 Å². The zero-order chi connectivity index (χ0) is 17.1. The van der Waals surface area contributed by atoms with Crippen molar-refractivity contribution in [2.24, 2.45) is 11.1 Å². The van der Waals surface area contributed by atoms with Crippen LogP contribution < -0.4 is 15.2 Å². The molecule has 0 bridgehead atoms. The van der Waals surface area contributed by atoms with Crippen LogP contribution >= 0.6 is 0 Å². The number of nitrogens with one attached hydrogen (secondary N) is 1. The van der Waals surface area contributed by atoms with Crippen molar-refractivity contribution < 1.29 is 22.7 Å². The molecule has 0 saturated carbocycles. The molecule has 1 heterocycles. The monoisotopic (exact) mass is 342 g/mol. The Labute approximate surface area is 136 Å². The predicted octanol–water partition coefficient (Wildman–Crippen LogP) is 0.564. The Morgan fingerprint density at radius 2 is 2.04 bits per heavy atom. The van der Waals surface area contributed by atoms with Crippen molar-refractivity contribution in [3.8, 4) is 5.75 Å². The third kappa shape index (κ3) is 3.82. The van der Waals surface area contributed by atoms with Crippen molar-refractivity contribution in [1.29, 1.82) is 0 Å². The molecule has 1 saturated heterocycles. The van der Waals surface area contributed by atoms with Gasteiger partial charge in [0.1, 0.15) is 5.75 Å². The van der Waals surface area contributed by atoms with Crippen molar-refractivity contribution in [2.75, 3.05) is 26.9 Å². The number of hydrogen-bond acceptors (Lipinski definition) is 5. The molecule has 0 radical (unpaired) electrons. The van der Waals surface area contributed by atoms with Gasteiger partial charge in [0, 0.05) is 19.8 Å². The Bertz CT molecular complexity index is 681. The molecule has 128 valence electrons. The Morgan fingerprint density at radius 1 is 1.39 bits per heavy atom. The van der Waals surface area contributed by atoms with Gasteiger partial charge in [0.05, 0.1) is 17.4 Å². The van der Waals surface area contributed by atoms with E-state index in [0.29, 0.717) is 37.4 Å². The lowest BCUT2D eigenvalue weighted by Crippen LogP contribution is -2.49. The number of aryl methyl sites for hydroxylation is 1. The van der Waals surface area contributed by atoms with Gasteiger partial charge in [-0.05, 0) is 43.5 Å². The van der Waals surface area contributed by atoms with Gasteiger partial charge in [-0.3, -0.25) is 4.79 Å². The van der Waals surface area contributed by atoms with E-state index in [1.807, 2.05) is 0 Å². The van der Waals surface area contributed by atoms with E-state index < -0.39 is 21.3 Å². The van der Waals surface area contributed by atoms with E-state index in [2.05, 4.69) is 4.72 Å². The van der Waals surface area contributed by atoms with Crippen LogP contribution in [0.2, 0.25) is 0 Å². The number of sulfonamides is 1. The fraction of sp³-hybridized carbons (Fsp3) is 0.533. The third-order valence-electron chi connectivity index (χ3n) is 4.24. The first-order valence-corrected chi connectivity index (χ1v) is 8.81. The average molecular weight is 342 g/mol. The second kappa shape index (κ2) is 6.86. The van der Waals surface area contributed by atoms with Gasteiger partial charge in [-0.2, -0.15) is 0 Å². The second-order valence-electron chi connectivity index (χ2n) is 5.71. The summed E-state index contributed by atoms with van der Waals surface area (Å²) in [5, 5.41) is 0. The van der Waals surface area contributed by atoms with Gasteiger partial charge in [-0.1, -0.05) is 0 Å². The number of primary amides is 1. The number of methoxy groups -OCH3 is 1. The van der Waals surface area contributed by atoms with Gasteiger partial charge in [-0.25, -0.2) is 13.1 Å². The highest BCUT2D eigenvalue weighted by molar-refractivity contribution is 7.89. The first kappa shape index (κ1) is 17.7. The molecule has 1 aromatic rings. The minimum Gasteiger partial charge on any atom is -0.497 e. The van der Waals surface area contributed by atoms with Gasteiger partial charge >= 0.3 is 0 Å². The summed E-state index contributed by atoms with van der Waals surface area (Å²) >= 11 is 0. The molecule has 23 heavy (non-hydrogen) atoms. The van der Waals surface area contributed by atoms with Crippen LogP contribution in [0.3, 0.4) is 0 Å². The van der Waals surface area contributed by atoms with Crippen molar-refractivity contribution in [1.82, 2.24) is 4.72 Å². The Morgan fingerprint density at radius 3 is 2.57 bits per heavy atom. The van der Waals surface area contributed by atoms with Crippen LogP contribution in [-0.4, -0.2) is 41.2 Å². The number of benzene rings is 1. The first-order chi connectivity index (χ1) is 10.8. The van der Waals surface area contributed by atoms with Gasteiger partial charge in [-0.15, -0.1) is 0 Å². The van der Waals surface area contributed by atoms with Crippen LogP contribution in [0.15, 0.2) is 23.1 Å².